The van der Waals surface area contributed by atoms with Gasteiger partial charge in [0.1, 0.15) is 0 Å². The molecule has 0 bridgehead atoms. The zero-order chi connectivity index (χ0) is 13.9. The summed E-state index contributed by atoms with van der Waals surface area (Å²) in [4.78, 5) is 0. The molecule has 2 heterocycles. The molecule has 2 N–H and O–H groups in total. The van der Waals surface area contributed by atoms with Crippen LogP contribution in [0.1, 0.15) is 59.8 Å². The van der Waals surface area contributed by atoms with E-state index in [4.69, 9.17) is 4.74 Å². The van der Waals surface area contributed by atoms with Gasteiger partial charge >= 0.3 is 0 Å². The van der Waals surface area contributed by atoms with E-state index in [1.54, 1.807) is 0 Å². The maximum Gasteiger partial charge on any atom is 0.0591 e. The Hall–Kier alpha value is -0.120. The second-order valence-electron chi connectivity index (χ2n) is 4.17. The maximum atomic E-state index is 5.01. The summed E-state index contributed by atoms with van der Waals surface area (Å²) in [5.41, 5.74) is 0. The molecule has 2 saturated heterocycles. The van der Waals surface area contributed by atoms with E-state index in [2.05, 4.69) is 24.5 Å². The van der Waals surface area contributed by atoms with Gasteiger partial charge in [-0.15, -0.1) is 0 Å². The number of rotatable bonds is 1. The number of piperidine rings is 1. The normalized spacial score (nSPS) is 18.0. The molecule has 0 aromatic carbocycles. The second-order valence-corrected chi connectivity index (χ2v) is 4.17. The van der Waals surface area contributed by atoms with E-state index in [1.165, 1.54) is 45.2 Å². The van der Waals surface area contributed by atoms with Crippen LogP contribution in [0.5, 0.6) is 0 Å². The summed E-state index contributed by atoms with van der Waals surface area (Å²) in [6, 6.07) is 0. The summed E-state index contributed by atoms with van der Waals surface area (Å²) in [6.07, 6.45) is 6.85. The van der Waals surface area contributed by atoms with Crippen molar-refractivity contribution in [2.75, 3.05) is 39.4 Å². The summed E-state index contributed by atoms with van der Waals surface area (Å²) < 4.78 is 5.01. The van der Waals surface area contributed by atoms with E-state index in [1.807, 2.05) is 13.8 Å². The molecular formula is C15H36N2O. The van der Waals surface area contributed by atoms with Crippen molar-refractivity contribution in [3.8, 4) is 0 Å². The van der Waals surface area contributed by atoms with Crippen molar-refractivity contribution in [1.82, 2.24) is 10.6 Å². The van der Waals surface area contributed by atoms with E-state index < -0.39 is 0 Å². The molecule has 0 radical (unpaired) electrons. The van der Waals surface area contributed by atoms with Crippen LogP contribution in [0.4, 0.5) is 0 Å². The van der Waals surface area contributed by atoms with Gasteiger partial charge in [0, 0.05) is 13.1 Å². The van der Waals surface area contributed by atoms with Crippen molar-refractivity contribution < 1.29 is 4.74 Å². The third-order valence-corrected chi connectivity index (χ3v) is 2.55. The van der Waals surface area contributed by atoms with Crippen molar-refractivity contribution in [1.29, 1.82) is 0 Å². The van der Waals surface area contributed by atoms with Crippen molar-refractivity contribution in [2.24, 2.45) is 0 Å². The maximum absolute atomic E-state index is 5.01. The molecule has 112 valence electrons. The number of hydrogen-bond donors (Lipinski definition) is 2. The van der Waals surface area contributed by atoms with Gasteiger partial charge in [-0.25, -0.2) is 0 Å². The van der Waals surface area contributed by atoms with E-state index >= 15 is 0 Å². The van der Waals surface area contributed by atoms with Crippen molar-refractivity contribution in [2.45, 2.75) is 59.8 Å². The average Bonchev–Trinajstić information content (AvgIpc) is 2.53. The molecule has 0 aliphatic carbocycles. The lowest BCUT2D eigenvalue weighted by Crippen LogP contribution is -2.30. The predicted molar refractivity (Wildman–Crippen MR) is 82.3 cm³/mol. The fourth-order valence-electron chi connectivity index (χ4n) is 1.32. The molecule has 3 heteroatoms. The highest BCUT2D eigenvalue weighted by molar-refractivity contribution is 4.55. The Morgan fingerprint density at radius 1 is 0.722 bits per heavy atom. The van der Waals surface area contributed by atoms with Crippen LogP contribution in [0.15, 0.2) is 0 Å². The first kappa shape index (κ1) is 20.2. The molecule has 0 aromatic rings. The van der Waals surface area contributed by atoms with Gasteiger partial charge in [0.25, 0.3) is 0 Å². The van der Waals surface area contributed by atoms with E-state index in [9.17, 15) is 0 Å². The summed E-state index contributed by atoms with van der Waals surface area (Å²) >= 11 is 0. The minimum absolute atomic E-state index is 0.889. The standard InChI is InChI=1S/C5H11N.C4H9NO.C4H10.C2H6/c1-2-4-6-5-3-1;1-3-6-4-2-5-1;1-3-4-2;1-2/h6H,1-5H2;5H,1-4H2;3-4H2,1-2H3;1-2H3. The van der Waals surface area contributed by atoms with Crippen molar-refractivity contribution >= 4 is 0 Å². The van der Waals surface area contributed by atoms with Gasteiger partial charge < -0.3 is 15.4 Å². The lowest BCUT2D eigenvalue weighted by molar-refractivity contribution is 0.109. The summed E-state index contributed by atoms with van der Waals surface area (Å²) in [5.74, 6) is 0. The fraction of sp³-hybridized carbons (Fsp3) is 1.00. The van der Waals surface area contributed by atoms with Crippen LogP contribution in [0, 0.1) is 0 Å². The average molecular weight is 260 g/mol. The molecule has 0 atom stereocenters. The first-order chi connectivity index (χ1) is 8.91. The van der Waals surface area contributed by atoms with Crippen molar-refractivity contribution in [3.63, 3.8) is 0 Å². The summed E-state index contributed by atoms with van der Waals surface area (Å²) in [5, 5.41) is 6.44. The van der Waals surface area contributed by atoms with Gasteiger partial charge in [-0.3, -0.25) is 0 Å². The SMILES string of the molecule is C1CCNCC1.C1COCCN1.CC.CCCC. The van der Waals surface area contributed by atoms with Crippen LogP contribution in [-0.2, 0) is 4.74 Å². The van der Waals surface area contributed by atoms with Gasteiger partial charge in [-0.1, -0.05) is 47.0 Å². The Balaban J connectivity index is 0. The largest absolute Gasteiger partial charge is 0.379 e. The number of morpholine rings is 1. The van der Waals surface area contributed by atoms with Crippen LogP contribution in [0.3, 0.4) is 0 Å². The molecular weight excluding hydrogens is 224 g/mol. The number of hydrogen-bond acceptors (Lipinski definition) is 3. The Kier molecular flexibility index (Phi) is 24.8. The van der Waals surface area contributed by atoms with Crippen LogP contribution >= 0.6 is 0 Å². The van der Waals surface area contributed by atoms with E-state index in [-0.39, 0.29) is 0 Å². The van der Waals surface area contributed by atoms with Gasteiger partial charge in [0.05, 0.1) is 13.2 Å². The number of unbranched alkanes of at least 4 members (excludes halogenated alkanes) is 1. The second kappa shape index (κ2) is 22.1. The van der Waals surface area contributed by atoms with Crippen LogP contribution in [0.25, 0.3) is 0 Å². The molecule has 0 aromatic heterocycles. The van der Waals surface area contributed by atoms with Crippen LogP contribution in [-0.4, -0.2) is 39.4 Å². The van der Waals surface area contributed by atoms with E-state index in [0.717, 1.165) is 26.3 Å². The monoisotopic (exact) mass is 260 g/mol. The molecule has 2 aliphatic heterocycles. The van der Waals surface area contributed by atoms with E-state index in [0.29, 0.717) is 0 Å². The fourth-order valence-corrected chi connectivity index (χ4v) is 1.32. The number of nitrogens with one attached hydrogen (secondary N) is 2. The third-order valence-electron chi connectivity index (χ3n) is 2.55. The van der Waals surface area contributed by atoms with Gasteiger partial charge in [-0.05, 0) is 25.9 Å². The summed E-state index contributed by atoms with van der Waals surface area (Å²) in [6.45, 7) is 14.7. The van der Waals surface area contributed by atoms with Gasteiger partial charge in [0.15, 0.2) is 0 Å². The quantitative estimate of drug-likeness (QED) is 0.759. The minimum atomic E-state index is 0.889. The van der Waals surface area contributed by atoms with Crippen molar-refractivity contribution in [3.05, 3.63) is 0 Å². The highest BCUT2D eigenvalue weighted by Crippen LogP contribution is 1.96. The highest BCUT2D eigenvalue weighted by atomic mass is 16.5. The molecule has 2 aliphatic rings. The number of ether oxygens (including phenoxy) is 1. The van der Waals surface area contributed by atoms with Gasteiger partial charge in [-0.2, -0.15) is 0 Å². The highest BCUT2D eigenvalue weighted by Gasteiger charge is 1.94. The zero-order valence-corrected chi connectivity index (χ0v) is 13.2. The Labute approximate surface area is 115 Å². The third kappa shape index (κ3) is 21.2. The van der Waals surface area contributed by atoms with Crippen LogP contribution < -0.4 is 10.6 Å². The molecule has 18 heavy (non-hydrogen) atoms. The summed E-state index contributed by atoms with van der Waals surface area (Å²) in [7, 11) is 0. The van der Waals surface area contributed by atoms with Crippen LogP contribution in [0.2, 0.25) is 0 Å². The molecule has 2 fully saturated rings. The molecule has 0 spiro atoms. The first-order valence-corrected chi connectivity index (χ1v) is 7.91. The first-order valence-electron chi connectivity index (χ1n) is 7.91. The molecule has 0 unspecified atom stereocenters. The Morgan fingerprint density at radius 3 is 1.28 bits per heavy atom. The molecule has 2 rings (SSSR count). The molecule has 0 saturated carbocycles. The molecule has 0 amide bonds. The molecule has 3 nitrogen and oxygen atoms in total. The zero-order valence-electron chi connectivity index (χ0n) is 13.2. The Morgan fingerprint density at radius 2 is 1.17 bits per heavy atom. The lowest BCUT2D eigenvalue weighted by Gasteiger charge is -2.10. The van der Waals surface area contributed by atoms with Gasteiger partial charge in [0.2, 0.25) is 0 Å². The predicted octanol–water partition coefficient (Wildman–Crippen LogP) is 3.20. The minimum Gasteiger partial charge on any atom is -0.379 e. The smallest absolute Gasteiger partial charge is 0.0591 e. The topological polar surface area (TPSA) is 33.3 Å². The lowest BCUT2D eigenvalue weighted by atomic mass is 10.2. The Bertz CT molecular complexity index is 76.0.